The fraction of sp³-hybridized carbons (Fsp3) is 0.200. The van der Waals surface area contributed by atoms with Gasteiger partial charge >= 0.3 is 5.69 Å². The van der Waals surface area contributed by atoms with E-state index in [1.807, 2.05) is 55.5 Å². The minimum Gasteiger partial charge on any atom is -0.497 e. The van der Waals surface area contributed by atoms with Gasteiger partial charge < -0.3 is 15.4 Å². The van der Waals surface area contributed by atoms with Gasteiger partial charge in [-0.25, -0.2) is 9.97 Å². The van der Waals surface area contributed by atoms with Crippen molar-refractivity contribution in [1.82, 2.24) is 9.97 Å². The van der Waals surface area contributed by atoms with E-state index in [1.165, 1.54) is 6.33 Å². The monoisotopic (exact) mass is 379 g/mol. The van der Waals surface area contributed by atoms with E-state index in [9.17, 15) is 10.1 Å². The Kier molecular flexibility index (Phi) is 6.01. The number of benzene rings is 2. The summed E-state index contributed by atoms with van der Waals surface area (Å²) < 4.78 is 5.14. The van der Waals surface area contributed by atoms with Crippen LogP contribution in [0.1, 0.15) is 18.1 Å². The van der Waals surface area contributed by atoms with Crippen LogP contribution in [0.25, 0.3) is 0 Å². The van der Waals surface area contributed by atoms with Crippen LogP contribution in [0.3, 0.4) is 0 Å². The second-order valence-corrected chi connectivity index (χ2v) is 6.01. The van der Waals surface area contributed by atoms with Crippen LogP contribution in [-0.4, -0.2) is 22.0 Å². The normalized spacial score (nSPS) is 10.4. The van der Waals surface area contributed by atoms with Gasteiger partial charge in [-0.1, -0.05) is 37.3 Å². The molecule has 0 aliphatic carbocycles. The van der Waals surface area contributed by atoms with Crippen molar-refractivity contribution in [3.05, 3.63) is 76.1 Å². The summed E-state index contributed by atoms with van der Waals surface area (Å²) in [5.41, 5.74) is 2.58. The number of aromatic nitrogens is 2. The van der Waals surface area contributed by atoms with Crippen LogP contribution < -0.4 is 15.4 Å². The van der Waals surface area contributed by atoms with Crippen molar-refractivity contribution in [2.75, 3.05) is 17.7 Å². The Labute approximate surface area is 162 Å². The summed E-state index contributed by atoms with van der Waals surface area (Å²) in [6.45, 7) is 2.41. The molecule has 1 aromatic heterocycles. The lowest BCUT2D eigenvalue weighted by Gasteiger charge is -2.12. The molecule has 0 saturated heterocycles. The quantitative estimate of drug-likeness (QED) is 0.444. The SMILES string of the molecule is CCc1ccccc1Nc1ncnc(NCc2ccc(OC)cc2)c1[N+](=O)[O-]. The van der Waals surface area contributed by atoms with Crippen LogP contribution in [0.15, 0.2) is 54.9 Å². The first-order valence-electron chi connectivity index (χ1n) is 8.83. The van der Waals surface area contributed by atoms with E-state index in [4.69, 9.17) is 4.74 Å². The van der Waals surface area contributed by atoms with E-state index in [1.54, 1.807) is 7.11 Å². The molecular weight excluding hydrogens is 358 g/mol. The van der Waals surface area contributed by atoms with Crippen molar-refractivity contribution in [2.24, 2.45) is 0 Å². The van der Waals surface area contributed by atoms with Crippen molar-refractivity contribution < 1.29 is 9.66 Å². The number of nitrogens with zero attached hydrogens (tertiary/aromatic N) is 3. The highest BCUT2D eigenvalue weighted by Crippen LogP contribution is 2.32. The van der Waals surface area contributed by atoms with E-state index in [0.717, 1.165) is 29.0 Å². The summed E-state index contributed by atoms with van der Waals surface area (Å²) in [5, 5.41) is 17.8. The summed E-state index contributed by atoms with van der Waals surface area (Å²) in [6.07, 6.45) is 2.10. The van der Waals surface area contributed by atoms with Gasteiger partial charge in [0.25, 0.3) is 0 Å². The Bertz CT molecular complexity index is 960. The number of rotatable bonds is 8. The maximum Gasteiger partial charge on any atom is 0.353 e. The van der Waals surface area contributed by atoms with Gasteiger partial charge in [0.2, 0.25) is 11.6 Å². The Morgan fingerprint density at radius 2 is 1.79 bits per heavy atom. The minimum atomic E-state index is -0.479. The molecule has 144 valence electrons. The number of ether oxygens (including phenoxy) is 1. The molecule has 0 fully saturated rings. The molecule has 2 N–H and O–H groups in total. The molecular formula is C20H21N5O3. The first-order valence-corrected chi connectivity index (χ1v) is 8.83. The molecule has 0 amide bonds. The van der Waals surface area contributed by atoms with Crippen molar-refractivity contribution in [3.8, 4) is 5.75 Å². The summed E-state index contributed by atoms with van der Waals surface area (Å²) in [6, 6.07) is 15.1. The highest BCUT2D eigenvalue weighted by Gasteiger charge is 2.23. The Balaban J connectivity index is 1.85. The summed E-state index contributed by atoms with van der Waals surface area (Å²) in [4.78, 5) is 19.4. The maximum absolute atomic E-state index is 11.7. The lowest BCUT2D eigenvalue weighted by atomic mass is 10.1. The zero-order valence-corrected chi connectivity index (χ0v) is 15.7. The second kappa shape index (κ2) is 8.81. The number of hydrogen-bond donors (Lipinski definition) is 2. The molecule has 3 rings (SSSR count). The molecule has 8 heteroatoms. The molecule has 0 aliphatic heterocycles. The first kappa shape index (κ1) is 19.1. The fourth-order valence-electron chi connectivity index (χ4n) is 2.78. The predicted molar refractivity (Wildman–Crippen MR) is 108 cm³/mol. The maximum atomic E-state index is 11.7. The number of methoxy groups -OCH3 is 1. The Morgan fingerprint density at radius 3 is 2.46 bits per heavy atom. The van der Waals surface area contributed by atoms with E-state index < -0.39 is 4.92 Å². The number of anilines is 3. The van der Waals surface area contributed by atoms with E-state index >= 15 is 0 Å². The first-order chi connectivity index (χ1) is 13.6. The molecule has 0 radical (unpaired) electrons. The molecule has 8 nitrogen and oxygen atoms in total. The molecule has 3 aromatic rings. The molecule has 0 saturated carbocycles. The predicted octanol–water partition coefficient (Wildman–Crippen LogP) is 4.31. The van der Waals surface area contributed by atoms with Gasteiger partial charge in [0.05, 0.1) is 12.0 Å². The van der Waals surface area contributed by atoms with E-state index in [-0.39, 0.29) is 17.3 Å². The van der Waals surface area contributed by atoms with Crippen LogP contribution in [0, 0.1) is 10.1 Å². The number of hydrogen-bond acceptors (Lipinski definition) is 7. The van der Waals surface area contributed by atoms with Crippen LogP contribution in [0.2, 0.25) is 0 Å². The van der Waals surface area contributed by atoms with Gasteiger partial charge in [0, 0.05) is 12.2 Å². The van der Waals surface area contributed by atoms with Crippen LogP contribution >= 0.6 is 0 Å². The summed E-state index contributed by atoms with van der Waals surface area (Å²) in [7, 11) is 1.60. The number of para-hydroxylation sites is 1. The molecule has 0 bridgehead atoms. The number of aryl methyl sites for hydroxylation is 1. The molecule has 28 heavy (non-hydrogen) atoms. The molecule has 0 atom stereocenters. The second-order valence-electron chi connectivity index (χ2n) is 6.01. The number of nitrogens with one attached hydrogen (secondary N) is 2. The largest absolute Gasteiger partial charge is 0.497 e. The van der Waals surface area contributed by atoms with Gasteiger partial charge in [-0.2, -0.15) is 0 Å². The zero-order valence-electron chi connectivity index (χ0n) is 15.7. The lowest BCUT2D eigenvalue weighted by Crippen LogP contribution is -2.08. The third-order valence-corrected chi connectivity index (χ3v) is 4.28. The molecule has 1 heterocycles. The topological polar surface area (TPSA) is 102 Å². The minimum absolute atomic E-state index is 0.151. The van der Waals surface area contributed by atoms with Crippen molar-refractivity contribution >= 4 is 23.0 Å². The lowest BCUT2D eigenvalue weighted by molar-refractivity contribution is -0.383. The fourth-order valence-corrected chi connectivity index (χ4v) is 2.78. The highest BCUT2D eigenvalue weighted by atomic mass is 16.6. The molecule has 0 spiro atoms. The van der Waals surface area contributed by atoms with E-state index in [2.05, 4.69) is 20.6 Å². The Morgan fingerprint density at radius 1 is 1.07 bits per heavy atom. The molecule has 0 unspecified atom stereocenters. The zero-order chi connectivity index (χ0) is 19.9. The van der Waals surface area contributed by atoms with Gasteiger partial charge in [-0.05, 0) is 35.7 Å². The van der Waals surface area contributed by atoms with Gasteiger partial charge in [-0.15, -0.1) is 0 Å². The third-order valence-electron chi connectivity index (χ3n) is 4.28. The molecule has 2 aromatic carbocycles. The van der Waals surface area contributed by atoms with Crippen LogP contribution in [0.4, 0.5) is 23.0 Å². The van der Waals surface area contributed by atoms with Crippen LogP contribution in [-0.2, 0) is 13.0 Å². The van der Waals surface area contributed by atoms with Crippen molar-refractivity contribution in [3.63, 3.8) is 0 Å². The van der Waals surface area contributed by atoms with Crippen molar-refractivity contribution in [2.45, 2.75) is 19.9 Å². The van der Waals surface area contributed by atoms with Gasteiger partial charge in [0.15, 0.2) is 0 Å². The molecule has 0 aliphatic rings. The number of nitro groups is 1. The third kappa shape index (κ3) is 4.35. The highest BCUT2D eigenvalue weighted by molar-refractivity contribution is 5.74. The van der Waals surface area contributed by atoms with Gasteiger partial charge in [0.1, 0.15) is 12.1 Å². The Hall–Kier alpha value is -3.68. The standard InChI is InChI=1S/C20H21N5O3/c1-3-15-6-4-5-7-17(15)24-20-18(25(26)27)19(22-13-23-20)21-12-14-8-10-16(28-2)11-9-14/h4-11,13H,3,12H2,1-2H3,(H2,21,22,23,24). The van der Waals surface area contributed by atoms with Gasteiger partial charge in [-0.3, -0.25) is 10.1 Å². The van der Waals surface area contributed by atoms with E-state index in [0.29, 0.717) is 6.54 Å². The van der Waals surface area contributed by atoms with Crippen LogP contribution in [0.5, 0.6) is 5.75 Å². The summed E-state index contributed by atoms with van der Waals surface area (Å²) >= 11 is 0. The average Bonchev–Trinajstić information content (AvgIpc) is 2.73. The smallest absolute Gasteiger partial charge is 0.353 e. The average molecular weight is 379 g/mol. The summed E-state index contributed by atoms with van der Waals surface area (Å²) in [5.74, 6) is 1.06. The van der Waals surface area contributed by atoms with Crippen molar-refractivity contribution in [1.29, 1.82) is 0 Å².